The van der Waals surface area contributed by atoms with Gasteiger partial charge < -0.3 is 9.47 Å². The Morgan fingerprint density at radius 1 is 0.971 bits per heavy atom. The van der Waals surface area contributed by atoms with Crippen LogP contribution in [-0.4, -0.2) is 40.0 Å². The van der Waals surface area contributed by atoms with Crippen LogP contribution in [-0.2, 0) is 14.8 Å². The first kappa shape index (κ1) is 24.9. The molecule has 0 aliphatic rings. The number of sulfonamides is 1. The van der Waals surface area contributed by atoms with Gasteiger partial charge in [0.1, 0.15) is 5.75 Å². The van der Waals surface area contributed by atoms with E-state index in [0.29, 0.717) is 16.9 Å². The van der Waals surface area contributed by atoms with Crippen LogP contribution in [0.15, 0.2) is 88.2 Å². The summed E-state index contributed by atoms with van der Waals surface area (Å²) in [7, 11) is -1.31. The molecule has 0 aliphatic carbocycles. The van der Waals surface area contributed by atoms with E-state index in [1.165, 1.54) is 26.4 Å². The van der Waals surface area contributed by atoms with Crippen molar-refractivity contribution in [2.45, 2.75) is 23.7 Å². The summed E-state index contributed by atoms with van der Waals surface area (Å²) in [5.74, 6) is -1.23. The molecular formula is C25H26N2O6S. The molecule has 0 heterocycles. The predicted molar refractivity (Wildman–Crippen MR) is 130 cm³/mol. The molecule has 34 heavy (non-hydrogen) atoms. The van der Waals surface area contributed by atoms with Crippen LogP contribution >= 0.6 is 0 Å². The minimum atomic E-state index is -4.13. The summed E-state index contributed by atoms with van der Waals surface area (Å²) in [4.78, 5) is 11.3. The standard InChI is InChI=1S/C25H26N2O6S/c1-18-12-14-22(15-13-18)34(30,31)26-25(33-3)24(19-8-5-4-6-9-19)23(17-27(28)29)20-10-7-11-21(16-20)32-2/h4-16,23-24H,17H2,1-3H3/b26-25-/t23-,24-/m1/s1. The summed E-state index contributed by atoms with van der Waals surface area (Å²) in [6.07, 6.45) is 0. The zero-order chi connectivity index (χ0) is 24.7. The molecule has 0 saturated carbocycles. The summed E-state index contributed by atoms with van der Waals surface area (Å²) < 4.78 is 41.0. The summed E-state index contributed by atoms with van der Waals surface area (Å²) >= 11 is 0. The fourth-order valence-electron chi connectivity index (χ4n) is 3.75. The van der Waals surface area contributed by atoms with Crippen molar-refractivity contribution in [1.82, 2.24) is 0 Å². The van der Waals surface area contributed by atoms with Crippen LogP contribution in [0.2, 0.25) is 0 Å². The maximum Gasteiger partial charge on any atom is 0.285 e. The third-order valence-electron chi connectivity index (χ3n) is 5.43. The lowest BCUT2D eigenvalue weighted by Crippen LogP contribution is -2.28. The van der Waals surface area contributed by atoms with Crippen LogP contribution in [0.5, 0.6) is 5.75 Å². The lowest BCUT2D eigenvalue weighted by molar-refractivity contribution is -0.483. The first-order valence-electron chi connectivity index (χ1n) is 10.5. The van der Waals surface area contributed by atoms with Crippen molar-refractivity contribution in [3.63, 3.8) is 0 Å². The Morgan fingerprint density at radius 2 is 1.62 bits per heavy atom. The molecule has 0 aromatic heterocycles. The highest BCUT2D eigenvalue weighted by atomic mass is 32.2. The molecule has 0 amide bonds. The van der Waals surface area contributed by atoms with Crippen molar-refractivity contribution in [2.75, 3.05) is 20.8 Å². The third-order valence-corrected chi connectivity index (χ3v) is 6.72. The number of hydrogen-bond acceptors (Lipinski definition) is 6. The van der Waals surface area contributed by atoms with Gasteiger partial charge in [-0.3, -0.25) is 10.1 Å². The van der Waals surface area contributed by atoms with Crippen molar-refractivity contribution in [1.29, 1.82) is 0 Å². The van der Waals surface area contributed by atoms with Gasteiger partial charge in [-0.05, 0) is 42.3 Å². The predicted octanol–water partition coefficient (Wildman–Crippen LogP) is 4.58. The van der Waals surface area contributed by atoms with Gasteiger partial charge in [-0.15, -0.1) is 4.40 Å². The first-order chi connectivity index (χ1) is 16.2. The van der Waals surface area contributed by atoms with Gasteiger partial charge in [0.25, 0.3) is 10.0 Å². The van der Waals surface area contributed by atoms with Crippen molar-refractivity contribution in [2.24, 2.45) is 4.40 Å². The van der Waals surface area contributed by atoms with Gasteiger partial charge >= 0.3 is 0 Å². The van der Waals surface area contributed by atoms with Gasteiger partial charge in [-0.1, -0.05) is 60.2 Å². The summed E-state index contributed by atoms with van der Waals surface area (Å²) in [5, 5.41) is 11.7. The maximum absolute atomic E-state index is 13.1. The van der Waals surface area contributed by atoms with Gasteiger partial charge in [-0.2, -0.15) is 8.42 Å². The lowest BCUT2D eigenvalue weighted by atomic mass is 9.81. The van der Waals surface area contributed by atoms with Gasteiger partial charge in [0, 0.05) is 4.92 Å². The summed E-state index contributed by atoms with van der Waals surface area (Å²) in [6.45, 7) is 1.38. The quantitative estimate of drug-likeness (QED) is 0.191. The van der Waals surface area contributed by atoms with Gasteiger partial charge in [-0.25, -0.2) is 0 Å². The third kappa shape index (κ3) is 5.99. The molecule has 0 radical (unpaired) electrons. The van der Waals surface area contributed by atoms with Crippen molar-refractivity contribution in [3.8, 4) is 5.75 Å². The van der Waals surface area contributed by atoms with E-state index in [1.54, 1.807) is 66.7 Å². The van der Waals surface area contributed by atoms with Crippen LogP contribution < -0.4 is 4.74 Å². The maximum atomic E-state index is 13.1. The Kier molecular flexibility index (Phi) is 8.01. The Balaban J connectivity index is 2.20. The SMILES string of the molecule is CO/C(=N\S(=O)(=O)c1ccc(C)cc1)[C@H](c1ccccc1)[C@H](C[N+](=O)[O-])c1cccc(OC)c1. The number of nitrogens with zero attached hydrogens (tertiary/aromatic N) is 2. The highest BCUT2D eigenvalue weighted by Gasteiger charge is 2.35. The normalized spacial score (nSPS) is 13.7. The summed E-state index contributed by atoms with van der Waals surface area (Å²) in [5.41, 5.74) is 2.14. The first-order valence-corrected chi connectivity index (χ1v) is 12.0. The number of hydrogen-bond donors (Lipinski definition) is 0. The Bertz CT molecular complexity index is 1260. The largest absolute Gasteiger partial charge is 0.497 e. The number of benzene rings is 3. The molecule has 0 bridgehead atoms. The van der Waals surface area contributed by atoms with Crippen molar-refractivity contribution >= 4 is 15.9 Å². The molecule has 3 aromatic carbocycles. The monoisotopic (exact) mass is 482 g/mol. The van der Waals surface area contributed by atoms with Gasteiger partial charge in [0.05, 0.1) is 31.0 Å². The second-order valence-corrected chi connectivity index (χ2v) is 9.31. The Hall–Kier alpha value is -3.72. The van der Waals surface area contributed by atoms with Crippen LogP contribution in [0.3, 0.4) is 0 Å². The van der Waals surface area contributed by atoms with Crippen molar-refractivity contribution in [3.05, 3.63) is 106 Å². The van der Waals surface area contributed by atoms with Gasteiger partial charge in [0.15, 0.2) is 0 Å². The fourth-order valence-corrected chi connectivity index (χ4v) is 4.76. The van der Waals surface area contributed by atoms with E-state index in [9.17, 15) is 18.5 Å². The van der Waals surface area contributed by atoms with Crippen LogP contribution in [0, 0.1) is 17.0 Å². The van der Waals surface area contributed by atoms with E-state index in [2.05, 4.69) is 4.40 Å². The Labute approximate surface area is 199 Å². The molecular weight excluding hydrogens is 456 g/mol. The van der Waals surface area contributed by atoms with Crippen molar-refractivity contribution < 1.29 is 22.8 Å². The molecule has 0 spiro atoms. The van der Waals surface area contributed by atoms with Crippen LogP contribution in [0.4, 0.5) is 0 Å². The average Bonchev–Trinajstić information content (AvgIpc) is 2.83. The topological polar surface area (TPSA) is 108 Å². The molecule has 0 unspecified atom stereocenters. The molecule has 0 saturated heterocycles. The van der Waals surface area contributed by atoms with E-state index < -0.39 is 33.3 Å². The number of ether oxygens (including phenoxy) is 2. The summed E-state index contributed by atoms with van der Waals surface area (Å²) in [6, 6.07) is 22.1. The average molecular weight is 483 g/mol. The highest BCUT2D eigenvalue weighted by Crippen LogP contribution is 2.37. The molecule has 2 atom stereocenters. The van der Waals surface area contributed by atoms with E-state index in [0.717, 1.165) is 5.56 Å². The molecule has 9 heteroatoms. The number of nitro groups is 1. The van der Waals surface area contributed by atoms with E-state index >= 15 is 0 Å². The molecule has 178 valence electrons. The second-order valence-electron chi connectivity index (χ2n) is 7.71. The van der Waals surface area contributed by atoms with Gasteiger partial charge in [0.2, 0.25) is 12.4 Å². The highest BCUT2D eigenvalue weighted by molar-refractivity contribution is 7.90. The number of aryl methyl sites for hydroxylation is 1. The van der Waals surface area contributed by atoms with E-state index in [-0.39, 0.29) is 10.8 Å². The van der Waals surface area contributed by atoms with E-state index in [1.807, 2.05) is 6.92 Å². The second kappa shape index (κ2) is 10.9. The van der Waals surface area contributed by atoms with Crippen LogP contribution in [0.25, 0.3) is 0 Å². The zero-order valence-corrected chi connectivity index (χ0v) is 19.9. The lowest BCUT2D eigenvalue weighted by Gasteiger charge is -2.26. The molecule has 3 aromatic rings. The molecule has 0 N–H and O–H groups in total. The fraction of sp³-hybridized carbons (Fsp3) is 0.240. The zero-order valence-electron chi connectivity index (χ0n) is 19.1. The molecule has 0 aliphatic heterocycles. The smallest absolute Gasteiger partial charge is 0.285 e. The minimum Gasteiger partial charge on any atom is -0.497 e. The van der Waals surface area contributed by atoms with E-state index in [4.69, 9.17) is 9.47 Å². The molecule has 3 rings (SSSR count). The minimum absolute atomic E-state index is 0.00617. The number of methoxy groups -OCH3 is 2. The molecule has 0 fully saturated rings. The molecule has 8 nitrogen and oxygen atoms in total. The van der Waals surface area contributed by atoms with Crippen LogP contribution in [0.1, 0.15) is 28.5 Å². The Morgan fingerprint density at radius 3 is 2.21 bits per heavy atom. The number of rotatable bonds is 9.